The van der Waals surface area contributed by atoms with Crippen LogP contribution in [0.5, 0.6) is 0 Å². The number of hydrogen-bond acceptors (Lipinski definition) is 3. The highest BCUT2D eigenvalue weighted by atomic mass is 32.2. The molecule has 0 aliphatic rings. The molecule has 0 heterocycles. The second-order valence-electron chi connectivity index (χ2n) is 6.12. The number of thioether (sulfide) groups is 1. The molecule has 5 nitrogen and oxygen atoms in total. The topological polar surface area (TPSA) is 61.4 Å². The van der Waals surface area contributed by atoms with Gasteiger partial charge in [-0.1, -0.05) is 42.0 Å². The Morgan fingerprint density at radius 3 is 2.19 bits per heavy atom. The summed E-state index contributed by atoms with van der Waals surface area (Å²) in [5, 5.41) is 5.36. The highest BCUT2D eigenvalue weighted by molar-refractivity contribution is 7.98. The molecule has 0 spiro atoms. The van der Waals surface area contributed by atoms with Crippen molar-refractivity contribution < 1.29 is 9.59 Å². The molecule has 2 N–H and O–H groups in total. The fourth-order valence-electron chi connectivity index (χ4n) is 2.33. The molecule has 0 aromatic heterocycles. The van der Waals surface area contributed by atoms with Gasteiger partial charge in [-0.05, 0) is 36.4 Å². The van der Waals surface area contributed by atoms with E-state index in [0.717, 1.165) is 11.1 Å². The molecule has 0 unspecified atom stereocenters. The van der Waals surface area contributed by atoms with Crippen LogP contribution in [0.2, 0.25) is 0 Å². The lowest BCUT2D eigenvalue weighted by molar-refractivity contribution is -0.129. The van der Waals surface area contributed by atoms with Crippen molar-refractivity contribution in [1.82, 2.24) is 15.5 Å². The van der Waals surface area contributed by atoms with Gasteiger partial charge in [0, 0.05) is 25.0 Å². The number of nitrogens with one attached hydrogen (secondary N) is 2. The second kappa shape index (κ2) is 9.87. The predicted molar refractivity (Wildman–Crippen MR) is 106 cm³/mol. The van der Waals surface area contributed by atoms with E-state index in [1.54, 1.807) is 23.7 Å². The van der Waals surface area contributed by atoms with E-state index >= 15 is 0 Å². The first kappa shape index (κ1) is 19.8. The van der Waals surface area contributed by atoms with Crippen LogP contribution in [0, 0.1) is 6.92 Å². The van der Waals surface area contributed by atoms with Crippen LogP contribution in [-0.4, -0.2) is 36.7 Å². The monoisotopic (exact) mass is 371 g/mol. The molecule has 3 amide bonds. The zero-order valence-electron chi connectivity index (χ0n) is 15.4. The molecule has 2 aromatic rings. The summed E-state index contributed by atoms with van der Waals surface area (Å²) in [6.07, 6.45) is 2.03. The molecule has 0 saturated carbocycles. The van der Waals surface area contributed by atoms with Gasteiger partial charge in [-0.15, -0.1) is 11.8 Å². The lowest BCUT2D eigenvalue weighted by atomic mass is 10.1. The number of hydrogen-bond donors (Lipinski definition) is 2. The average molecular weight is 372 g/mol. The van der Waals surface area contributed by atoms with Gasteiger partial charge >= 0.3 is 6.03 Å². The molecule has 26 heavy (non-hydrogen) atoms. The lowest BCUT2D eigenvalue weighted by Gasteiger charge is -2.18. The minimum absolute atomic E-state index is 0.0286. The van der Waals surface area contributed by atoms with Crippen LogP contribution < -0.4 is 10.6 Å². The minimum Gasteiger partial charge on any atom is -0.340 e. The van der Waals surface area contributed by atoms with E-state index in [1.807, 2.05) is 61.7 Å². The van der Waals surface area contributed by atoms with Crippen molar-refractivity contribution in [1.29, 1.82) is 0 Å². The molecule has 0 aliphatic carbocycles. The van der Waals surface area contributed by atoms with Gasteiger partial charge in [0.25, 0.3) is 0 Å². The molecule has 0 atom stereocenters. The molecule has 0 aliphatic heterocycles. The molecule has 2 aromatic carbocycles. The molecule has 0 bridgehead atoms. The van der Waals surface area contributed by atoms with Crippen LogP contribution in [-0.2, 0) is 17.9 Å². The molecule has 138 valence electrons. The van der Waals surface area contributed by atoms with Gasteiger partial charge in [-0.3, -0.25) is 4.79 Å². The van der Waals surface area contributed by atoms with Gasteiger partial charge < -0.3 is 15.5 Å². The Hall–Kier alpha value is -2.47. The summed E-state index contributed by atoms with van der Waals surface area (Å²) >= 11 is 1.68. The number of aryl methyl sites for hydroxylation is 1. The standard InChI is InChI=1S/C20H25N3O2S/c1-15-4-6-16(7-5-15)12-21-20(25)22-13-19(24)23(2)14-17-8-10-18(26-3)11-9-17/h4-11H,12-14H2,1-3H3,(H2,21,22,25). The minimum atomic E-state index is -0.350. The van der Waals surface area contributed by atoms with E-state index < -0.39 is 0 Å². The first-order valence-corrected chi connectivity index (χ1v) is 9.64. The summed E-state index contributed by atoms with van der Waals surface area (Å²) in [5.41, 5.74) is 3.25. The van der Waals surface area contributed by atoms with Crippen LogP contribution in [0.25, 0.3) is 0 Å². The highest BCUT2D eigenvalue weighted by Crippen LogP contribution is 2.15. The third-order valence-electron chi connectivity index (χ3n) is 3.98. The van der Waals surface area contributed by atoms with Gasteiger partial charge in [-0.25, -0.2) is 4.79 Å². The van der Waals surface area contributed by atoms with Crippen LogP contribution in [0.15, 0.2) is 53.4 Å². The first-order chi connectivity index (χ1) is 12.5. The largest absolute Gasteiger partial charge is 0.340 e. The third kappa shape index (κ3) is 6.44. The normalized spacial score (nSPS) is 10.3. The van der Waals surface area contributed by atoms with Gasteiger partial charge in [0.1, 0.15) is 0 Å². The van der Waals surface area contributed by atoms with Crippen molar-refractivity contribution in [2.75, 3.05) is 19.8 Å². The Labute approximate surface area is 159 Å². The van der Waals surface area contributed by atoms with Crippen LogP contribution >= 0.6 is 11.8 Å². The Morgan fingerprint density at radius 2 is 1.58 bits per heavy atom. The molecule has 0 radical (unpaired) electrons. The average Bonchev–Trinajstić information content (AvgIpc) is 2.66. The quantitative estimate of drug-likeness (QED) is 0.735. The van der Waals surface area contributed by atoms with Crippen molar-refractivity contribution in [3.63, 3.8) is 0 Å². The van der Waals surface area contributed by atoms with E-state index in [0.29, 0.717) is 13.1 Å². The van der Waals surface area contributed by atoms with Gasteiger partial charge in [0.15, 0.2) is 0 Å². The number of carbonyl (C=O) groups excluding carboxylic acids is 2. The van der Waals surface area contributed by atoms with E-state index in [-0.39, 0.29) is 18.5 Å². The highest BCUT2D eigenvalue weighted by Gasteiger charge is 2.11. The zero-order chi connectivity index (χ0) is 18.9. The summed E-state index contributed by atoms with van der Waals surface area (Å²) in [7, 11) is 1.73. The Balaban J connectivity index is 1.72. The molecule has 0 fully saturated rings. The number of carbonyl (C=O) groups is 2. The Kier molecular flexibility index (Phi) is 7.53. The van der Waals surface area contributed by atoms with Crippen LogP contribution in [0.1, 0.15) is 16.7 Å². The number of nitrogens with zero attached hydrogens (tertiary/aromatic N) is 1. The maximum Gasteiger partial charge on any atom is 0.315 e. The van der Waals surface area contributed by atoms with Gasteiger partial charge in [-0.2, -0.15) is 0 Å². The van der Waals surface area contributed by atoms with Gasteiger partial charge in [0.05, 0.1) is 6.54 Å². The van der Waals surface area contributed by atoms with Crippen molar-refractivity contribution >= 4 is 23.7 Å². The van der Waals surface area contributed by atoms with Gasteiger partial charge in [0.2, 0.25) is 5.91 Å². The predicted octanol–water partition coefficient (Wildman–Crippen LogP) is 3.17. The summed E-state index contributed by atoms with van der Waals surface area (Å²) < 4.78 is 0. The van der Waals surface area contributed by atoms with Crippen molar-refractivity contribution in [2.45, 2.75) is 24.9 Å². The van der Waals surface area contributed by atoms with Crippen molar-refractivity contribution in [2.24, 2.45) is 0 Å². The second-order valence-corrected chi connectivity index (χ2v) is 7.00. The van der Waals surface area contributed by atoms with Crippen LogP contribution in [0.3, 0.4) is 0 Å². The van der Waals surface area contributed by atoms with Crippen molar-refractivity contribution in [3.05, 3.63) is 65.2 Å². The van der Waals surface area contributed by atoms with E-state index in [1.165, 1.54) is 10.5 Å². The summed E-state index contributed by atoms with van der Waals surface area (Å²) in [6.45, 7) is 2.93. The number of rotatable bonds is 7. The van der Waals surface area contributed by atoms with Crippen LogP contribution in [0.4, 0.5) is 4.79 Å². The number of urea groups is 1. The van der Waals surface area contributed by atoms with E-state index in [2.05, 4.69) is 10.6 Å². The number of likely N-dealkylation sites (N-methyl/N-ethyl adjacent to an activating group) is 1. The molecule has 0 saturated heterocycles. The van der Waals surface area contributed by atoms with E-state index in [9.17, 15) is 9.59 Å². The maximum absolute atomic E-state index is 12.2. The smallest absolute Gasteiger partial charge is 0.315 e. The van der Waals surface area contributed by atoms with E-state index in [4.69, 9.17) is 0 Å². The summed E-state index contributed by atoms with van der Waals surface area (Å²) in [4.78, 5) is 26.8. The molecular weight excluding hydrogens is 346 g/mol. The fraction of sp³-hybridized carbons (Fsp3) is 0.300. The fourth-order valence-corrected chi connectivity index (χ4v) is 2.74. The maximum atomic E-state index is 12.2. The molecule has 6 heteroatoms. The number of benzene rings is 2. The molecule has 2 rings (SSSR count). The number of amides is 3. The SMILES string of the molecule is CSc1ccc(CN(C)C(=O)CNC(=O)NCc2ccc(C)cc2)cc1. The Bertz CT molecular complexity index is 730. The van der Waals surface area contributed by atoms with Crippen molar-refractivity contribution in [3.8, 4) is 0 Å². The summed E-state index contributed by atoms with van der Waals surface area (Å²) in [5.74, 6) is -0.135. The molecular formula is C20H25N3O2S. The third-order valence-corrected chi connectivity index (χ3v) is 4.72. The first-order valence-electron chi connectivity index (χ1n) is 8.42. The lowest BCUT2D eigenvalue weighted by Crippen LogP contribution is -2.42. The Morgan fingerprint density at radius 1 is 0.962 bits per heavy atom. The summed E-state index contributed by atoms with van der Waals surface area (Å²) in [6, 6.07) is 15.7. The zero-order valence-corrected chi connectivity index (χ0v) is 16.2.